The Balaban J connectivity index is 1.13. The van der Waals surface area contributed by atoms with Crippen molar-refractivity contribution in [1.29, 1.82) is 0 Å². The van der Waals surface area contributed by atoms with E-state index in [1.54, 1.807) is 4.90 Å². The molecule has 0 saturated carbocycles. The molecule has 3 aliphatic rings. The molecule has 1 aromatic carbocycles. The molecule has 37 heavy (non-hydrogen) atoms. The first kappa shape index (κ1) is 25.8. The number of benzene rings is 1. The van der Waals surface area contributed by atoms with Crippen molar-refractivity contribution in [1.82, 2.24) is 19.8 Å². The van der Waals surface area contributed by atoms with Crippen LogP contribution >= 0.6 is 0 Å². The van der Waals surface area contributed by atoms with Crippen LogP contribution in [0.1, 0.15) is 60.9 Å². The first-order chi connectivity index (χ1) is 17.9. The predicted octanol–water partition coefficient (Wildman–Crippen LogP) is 4.67. The average Bonchev–Trinajstić information content (AvgIpc) is 3.19. The average molecular weight is 517 g/mol. The number of rotatable bonds is 5. The molecule has 0 aliphatic carbocycles. The lowest BCUT2D eigenvalue weighted by Crippen LogP contribution is -2.46. The van der Waals surface area contributed by atoms with E-state index < -0.39 is 17.6 Å². The van der Waals surface area contributed by atoms with Crippen molar-refractivity contribution in [2.75, 3.05) is 49.5 Å². The predicted molar refractivity (Wildman–Crippen MR) is 137 cm³/mol. The van der Waals surface area contributed by atoms with Crippen LogP contribution in [0.5, 0.6) is 0 Å². The SMILES string of the molecule is O=C(c1ccccc1C(F)(F)F)N1CCC(N2CCC(Nc3nccc(N4CCCCCC4)n3)C2)CC1. The molecule has 1 amide bonds. The van der Waals surface area contributed by atoms with E-state index in [0.29, 0.717) is 25.1 Å². The number of amides is 1. The van der Waals surface area contributed by atoms with E-state index in [1.165, 1.54) is 43.9 Å². The smallest absolute Gasteiger partial charge is 0.356 e. The molecular formula is C27H35F3N6O. The van der Waals surface area contributed by atoms with Gasteiger partial charge in [0.05, 0.1) is 11.1 Å². The minimum Gasteiger partial charge on any atom is -0.356 e. The molecule has 1 N–H and O–H groups in total. The van der Waals surface area contributed by atoms with Crippen LogP contribution in [0.15, 0.2) is 36.5 Å². The summed E-state index contributed by atoms with van der Waals surface area (Å²) in [6, 6.07) is 7.61. The summed E-state index contributed by atoms with van der Waals surface area (Å²) in [6.07, 6.45) is 4.73. The summed E-state index contributed by atoms with van der Waals surface area (Å²) in [4.78, 5) is 28.5. The largest absolute Gasteiger partial charge is 0.417 e. The van der Waals surface area contributed by atoms with Crippen LogP contribution in [0, 0.1) is 0 Å². The number of carbonyl (C=O) groups excluding carboxylic acids is 1. The highest BCUT2D eigenvalue weighted by atomic mass is 19.4. The molecule has 1 aromatic heterocycles. The summed E-state index contributed by atoms with van der Waals surface area (Å²) in [6.45, 7) is 4.82. The molecular weight excluding hydrogens is 481 g/mol. The van der Waals surface area contributed by atoms with Crippen molar-refractivity contribution >= 4 is 17.7 Å². The third-order valence-corrected chi connectivity index (χ3v) is 7.85. The molecule has 10 heteroatoms. The van der Waals surface area contributed by atoms with Gasteiger partial charge in [0.1, 0.15) is 5.82 Å². The molecule has 1 unspecified atom stereocenters. The van der Waals surface area contributed by atoms with Gasteiger partial charge in [-0.05, 0) is 50.3 Å². The number of likely N-dealkylation sites (tertiary alicyclic amines) is 2. The van der Waals surface area contributed by atoms with E-state index in [0.717, 1.165) is 57.3 Å². The number of halogens is 3. The summed E-state index contributed by atoms with van der Waals surface area (Å²) >= 11 is 0. The summed E-state index contributed by atoms with van der Waals surface area (Å²) in [5, 5.41) is 3.51. The highest BCUT2D eigenvalue weighted by Gasteiger charge is 2.37. The number of nitrogens with one attached hydrogen (secondary N) is 1. The molecule has 3 fully saturated rings. The van der Waals surface area contributed by atoms with Gasteiger partial charge in [0, 0.05) is 57.5 Å². The summed E-state index contributed by atoms with van der Waals surface area (Å²) in [7, 11) is 0. The molecule has 200 valence electrons. The number of anilines is 2. The van der Waals surface area contributed by atoms with E-state index in [1.807, 2.05) is 12.3 Å². The molecule has 2 aromatic rings. The number of alkyl halides is 3. The zero-order valence-electron chi connectivity index (χ0n) is 21.1. The molecule has 5 rings (SSSR count). The van der Waals surface area contributed by atoms with Crippen molar-refractivity contribution in [3.63, 3.8) is 0 Å². The van der Waals surface area contributed by atoms with Crippen LogP contribution in [0.3, 0.4) is 0 Å². The summed E-state index contributed by atoms with van der Waals surface area (Å²) < 4.78 is 40.1. The maximum absolute atomic E-state index is 13.4. The van der Waals surface area contributed by atoms with Crippen molar-refractivity contribution in [3.8, 4) is 0 Å². The monoisotopic (exact) mass is 516 g/mol. The Kier molecular flexibility index (Phi) is 7.83. The molecule has 1 atom stereocenters. The van der Waals surface area contributed by atoms with Gasteiger partial charge in [-0.2, -0.15) is 18.2 Å². The highest BCUT2D eigenvalue weighted by molar-refractivity contribution is 5.96. The first-order valence-corrected chi connectivity index (χ1v) is 13.4. The van der Waals surface area contributed by atoms with Gasteiger partial charge in [0.15, 0.2) is 0 Å². The van der Waals surface area contributed by atoms with Gasteiger partial charge in [-0.15, -0.1) is 0 Å². The number of piperidine rings is 1. The summed E-state index contributed by atoms with van der Waals surface area (Å²) in [5.74, 6) is 1.12. The molecule has 0 spiro atoms. The molecule has 4 heterocycles. The third kappa shape index (κ3) is 6.17. The van der Waals surface area contributed by atoms with E-state index in [2.05, 4.69) is 20.1 Å². The Morgan fingerprint density at radius 1 is 0.919 bits per heavy atom. The number of aromatic nitrogens is 2. The van der Waals surface area contributed by atoms with Crippen molar-refractivity contribution in [2.45, 2.75) is 63.2 Å². The molecule has 0 bridgehead atoms. The Hall–Kier alpha value is -2.88. The molecule has 7 nitrogen and oxygen atoms in total. The standard InChI is InChI=1S/C27H35F3N6O/c28-27(29,30)23-8-4-3-7-22(23)25(37)35-17-11-21(12-18-35)36-16-10-20(19-36)32-26-31-13-9-24(33-26)34-14-5-1-2-6-15-34/h3-4,7-9,13,20-21H,1-2,5-6,10-12,14-19H2,(H,31,32,33). The van der Waals surface area contributed by atoms with Gasteiger partial charge in [-0.1, -0.05) is 25.0 Å². The van der Waals surface area contributed by atoms with Gasteiger partial charge in [0.25, 0.3) is 5.91 Å². The fourth-order valence-electron chi connectivity index (χ4n) is 5.84. The second-order valence-electron chi connectivity index (χ2n) is 10.3. The number of hydrogen-bond donors (Lipinski definition) is 1. The van der Waals surface area contributed by atoms with E-state index in [4.69, 9.17) is 4.98 Å². The number of carbonyl (C=O) groups is 1. The van der Waals surface area contributed by atoms with Gasteiger partial charge in [-0.25, -0.2) is 4.98 Å². The van der Waals surface area contributed by atoms with Gasteiger partial charge < -0.3 is 15.1 Å². The normalized spacial score (nSPS) is 22.2. The van der Waals surface area contributed by atoms with Crippen LogP contribution in [-0.2, 0) is 6.18 Å². The van der Waals surface area contributed by atoms with Crippen LogP contribution < -0.4 is 10.2 Å². The van der Waals surface area contributed by atoms with Gasteiger partial charge in [0.2, 0.25) is 5.95 Å². The van der Waals surface area contributed by atoms with Crippen LogP contribution in [0.25, 0.3) is 0 Å². The zero-order valence-corrected chi connectivity index (χ0v) is 21.1. The maximum atomic E-state index is 13.4. The van der Waals surface area contributed by atoms with E-state index in [9.17, 15) is 18.0 Å². The van der Waals surface area contributed by atoms with Crippen molar-refractivity contribution in [2.24, 2.45) is 0 Å². The number of hydrogen-bond acceptors (Lipinski definition) is 6. The van der Waals surface area contributed by atoms with Crippen molar-refractivity contribution < 1.29 is 18.0 Å². The number of nitrogens with zero attached hydrogens (tertiary/aromatic N) is 5. The second kappa shape index (κ2) is 11.2. The van der Waals surface area contributed by atoms with Crippen LogP contribution in [-0.4, -0.2) is 77.0 Å². The fourth-order valence-corrected chi connectivity index (χ4v) is 5.84. The van der Waals surface area contributed by atoms with E-state index in [-0.39, 0.29) is 11.6 Å². The molecule has 3 aliphatic heterocycles. The third-order valence-electron chi connectivity index (χ3n) is 7.85. The lowest BCUT2D eigenvalue weighted by molar-refractivity contribution is -0.138. The topological polar surface area (TPSA) is 64.6 Å². The quantitative estimate of drug-likeness (QED) is 0.624. The Labute approximate surface area is 216 Å². The Morgan fingerprint density at radius 3 is 2.38 bits per heavy atom. The second-order valence-corrected chi connectivity index (χ2v) is 10.3. The Morgan fingerprint density at radius 2 is 1.65 bits per heavy atom. The minimum absolute atomic E-state index is 0.248. The minimum atomic E-state index is -4.54. The van der Waals surface area contributed by atoms with Gasteiger partial charge in [-0.3, -0.25) is 9.69 Å². The fraction of sp³-hybridized carbons (Fsp3) is 0.593. The lowest BCUT2D eigenvalue weighted by atomic mass is 10.0. The van der Waals surface area contributed by atoms with Gasteiger partial charge >= 0.3 is 6.18 Å². The molecule has 0 radical (unpaired) electrons. The van der Waals surface area contributed by atoms with Crippen LogP contribution in [0.4, 0.5) is 24.9 Å². The summed E-state index contributed by atoms with van der Waals surface area (Å²) in [5.41, 5.74) is -1.13. The van der Waals surface area contributed by atoms with Crippen molar-refractivity contribution in [3.05, 3.63) is 47.7 Å². The first-order valence-electron chi connectivity index (χ1n) is 13.4. The lowest BCUT2D eigenvalue weighted by Gasteiger charge is -2.37. The Bertz CT molecular complexity index is 1060. The van der Waals surface area contributed by atoms with Crippen LogP contribution in [0.2, 0.25) is 0 Å². The zero-order chi connectivity index (χ0) is 25.8. The molecule has 3 saturated heterocycles. The van der Waals surface area contributed by atoms with E-state index >= 15 is 0 Å². The maximum Gasteiger partial charge on any atom is 0.417 e. The highest BCUT2D eigenvalue weighted by Crippen LogP contribution is 2.33.